The zero-order chi connectivity index (χ0) is 15.2. The highest BCUT2D eigenvalue weighted by molar-refractivity contribution is 5.94. The molecule has 0 radical (unpaired) electrons. The van der Waals surface area contributed by atoms with Crippen molar-refractivity contribution in [2.24, 2.45) is 5.92 Å². The van der Waals surface area contributed by atoms with Crippen molar-refractivity contribution in [3.8, 4) is 0 Å². The van der Waals surface area contributed by atoms with Gasteiger partial charge in [-0.25, -0.2) is 0 Å². The summed E-state index contributed by atoms with van der Waals surface area (Å²) in [6.07, 6.45) is 5.61. The van der Waals surface area contributed by atoms with Crippen molar-refractivity contribution < 1.29 is 9.59 Å². The van der Waals surface area contributed by atoms with E-state index in [0.29, 0.717) is 6.42 Å². The largest absolute Gasteiger partial charge is 0.326 e. The molecule has 0 saturated heterocycles. The summed E-state index contributed by atoms with van der Waals surface area (Å²) in [5.74, 6) is 0.338. The lowest BCUT2D eigenvalue weighted by molar-refractivity contribution is -0.122. The van der Waals surface area contributed by atoms with Crippen LogP contribution in [0.5, 0.6) is 0 Å². The van der Waals surface area contributed by atoms with Crippen molar-refractivity contribution in [3.63, 3.8) is 0 Å². The van der Waals surface area contributed by atoms with Crippen LogP contribution >= 0.6 is 0 Å². The summed E-state index contributed by atoms with van der Waals surface area (Å²) < 4.78 is 0. The molecule has 1 saturated carbocycles. The summed E-state index contributed by atoms with van der Waals surface area (Å²) in [5, 5.41) is 5.87. The Morgan fingerprint density at radius 2 is 2.00 bits per heavy atom. The number of unbranched alkanes of at least 4 members (excludes halogenated alkanes) is 1. The Labute approximate surface area is 126 Å². The highest BCUT2D eigenvalue weighted by atomic mass is 16.2. The number of anilines is 2. The van der Waals surface area contributed by atoms with Gasteiger partial charge in [-0.15, -0.1) is 0 Å². The van der Waals surface area contributed by atoms with Gasteiger partial charge in [0.25, 0.3) is 0 Å². The molecule has 2 rings (SSSR count). The Morgan fingerprint density at radius 3 is 2.57 bits per heavy atom. The number of aryl methyl sites for hydroxylation is 1. The predicted molar refractivity (Wildman–Crippen MR) is 85.3 cm³/mol. The van der Waals surface area contributed by atoms with Crippen molar-refractivity contribution in [1.82, 2.24) is 0 Å². The summed E-state index contributed by atoms with van der Waals surface area (Å²) in [6.45, 7) is 4.01. The van der Waals surface area contributed by atoms with E-state index >= 15 is 0 Å². The molecule has 1 aliphatic rings. The number of rotatable bonds is 6. The van der Waals surface area contributed by atoms with Gasteiger partial charge in [0.1, 0.15) is 0 Å². The molecule has 0 bridgehead atoms. The first-order chi connectivity index (χ1) is 10.1. The highest BCUT2D eigenvalue weighted by Crippen LogP contribution is 2.28. The minimum Gasteiger partial charge on any atom is -0.326 e. The summed E-state index contributed by atoms with van der Waals surface area (Å²) in [6, 6.07) is 5.61. The number of benzene rings is 1. The monoisotopic (exact) mass is 288 g/mol. The lowest BCUT2D eigenvalue weighted by Crippen LogP contribution is -2.28. The number of carbonyl (C=O) groups is 2. The van der Waals surface area contributed by atoms with Gasteiger partial charge in [0.05, 0.1) is 0 Å². The minimum absolute atomic E-state index is 0.0474. The Bertz CT molecular complexity index is 522. The van der Waals surface area contributed by atoms with Crippen molar-refractivity contribution in [2.45, 2.75) is 52.4 Å². The maximum Gasteiger partial charge on any atom is 0.227 e. The molecule has 0 aliphatic heterocycles. The SMILES string of the molecule is CCCCC(=O)Nc1ccc(NC(=O)C2CCC2)cc1C. The highest BCUT2D eigenvalue weighted by Gasteiger charge is 2.25. The van der Waals surface area contributed by atoms with Crippen LogP contribution in [-0.2, 0) is 9.59 Å². The van der Waals surface area contributed by atoms with Gasteiger partial charge in [-0.05, 0) is 49.9 Å². The van der Waals surface area contributed by atoms with E-state index < -0.39 is 0 Å². The number of carbonyl (C=O) groups excluding carboxylic acids is 2. The second-order valence-electron chi connectivity index (χ2n) is 5.80. The molecule has 0 aromatic heterocycles. The third kappa shape index (κ3) is 4.31. The summed E-state index contributed by atoms with van der Waals surface area (Å²) in [4.78, 5) is 23.6. The molecule has 21 heavy (non-hydrogen) atoms. The smallest absolute Gasteiger partial charge is 0.227 e. The minimum atomic E-state index is 0.0474. The van der Waals surface area contributed by atoms with Gasteiger partial charge in [-0.1, -0.05) is 19.8 Å². The van der Waals surface area contributed by atoms with E-state index in [0.717, 1.165) is 49.0 Å². The second kappa shape index (κ2) is 7.25. The Morgan fingerprint density at radius 1 is 1.24 bits per heavy atom. The molecule has 0 heterocycles. The zero-order valence-corrected chi connectivity index (χ0v) is 12.9. The maximum atomic E-state index is 11.9. The fourth-order valence-corrected chi connectivity index (χ4v) is 2.35. The van der Waals surface area contributed by atoms with Gasteiger partial charge >= 0.3 is 0 Å². The van der Waals surface area contributed by atoms with Gasteiger partial charge < -0.3 is 10.6 Å². The van der Waals surface area contributed by atoms with Crippen LogP contribution in [0.15, 0.2) is 18.2 Å². The third-order valence-electron chi connectivity index (χ3n) is 4.00. The van der Waals surface area contributed by atoms with Gasteiger partial charge in [-0.3, -0.25) is 9.59 Å². The Hall–Kier alpha value is -1.84. The molecular weight excluding hydrogens is 264 g/mol. The molecule has 1 aromatic rings. The topological polar surface area (TPSA) is 58.2 Å². The lowest BCUT2D eigenvalue weighted by Gasteiger charge is -2.24. The van der Waals surface area contributed by atoms with Gasteiger partial charge in [0.2, 0.25) is 11.8 Å². The molecule has 1 aromatic carbocycles. The number of hydrogen-bond acceptors (Lipinski definition) is 2. The van der Waals surface area contributed by atoms with E-state index in [4.69, 9.17) is 0 Å². The normalized spacial score (nSPS) is 14.4. The number of hydrogen-bond donors (Lipinski definition) is 2. The molecule has 4 nitrogen and oxygen atoms in total. The van der Waals surface area contributed by atoms with Crippen LogP contribution in [0.1, 0.15) is 51.0 Å². The molecular formula is C17H24N2O2. The lowest BCUT2D eigenvalue weighted by atomic mass is 9.85. The average molecular weight is 288 g/mol. The first kappa shape index (κ1) is 15.5. The van der Waals surface area contributed by atoms with Gasteiger partial charge in [-0.2, -0.15) is 0 Å². The van der Waals surface area contributed by atoms with E-state index in [-0.39, 0.29) is 17.7 Å². The molecule has 0 spiro atoms. The molecule has 1 fully saturated rings. The molecule has 1 aliphatic carbocycles. The van der Waals surface area contributed by atoms with Crippen molar-refractivity contribution in [1.29, 1.82) is 0 Å². The van der Waals surface area contributed by atoms with Crippen LogP contribution in [0, 0.1) is 12.8 Å². The molecule has 0 atom stereocenters. The van der Waals surface area contributed by atoms with Gasteiger partial charge in [0, 0.05) is 23.7 Å². The molecule has 0 unspecified atom stereocenters. The quantitative estimate of drug-likeness (QED) is 0.835. The van der Waals surface area contributed by atoms with Crippen LogP contribution < -0.4 is 10.6 Å². The second-order valence-corrected chi connectivity index (χ2v) is 5.80. The number of nitrogens with one attached hydrogen (secondary N) is 2. The van der Waals surface area contributed by atoms with Crippen LogP contribution in [0.25, 0.3) is 0 Å². The first-order valence-corrected chi connectivity index (χ1v) is 7.81. The van der Waals surface area contributed by atoms with E-state index in [1.165, 1.54) is 0 Å². The van der Waals surface area contributed by atoms with Crippen LogP contribution in [0.3, 0.4) is 0 Å². The van der Waals surface area contributed by atoms with Crippen LogP contribution in [0.4, 0.5) is 11.4 Å². The number of amides is 2. The van der Waals surface area contributed by atoms with Crippen LogP contribution in [-0.4, -0.2) is 11.8 Å². The summed E-state index contributed by atoms with van der Waals surface area (Å²) >= 11 is 0. The van der Waals surface area contributed by atoms with Crippen molar-refractivity contribution in [2.75, 3.05) is 10.6 Å². The molecule has 2 N–H and O–H groups in total. The predicted octanol–water partition coefficient (Wildman–Crippen LogP) is 3.86. The molecule has 114 valence electrons. The maximum absolute atomic E-state index is 11.9. The zero-order valence-electron chi connectivity index (χ0n) is 12.9. The fraction of sp³-hybridized carbons (Fsp3) is 0.529. The third-order valence-corrected chi connectivity index (χ3v) is 4.00. The van der Waals surface area contributed by atoms with Crippen LogP contribution in [0.2, 0.25) is 0 Å². The Balaban J connectivity index is 1.93. The summed E-state index contributed by atoms with van der Waals surface area (Å²) in [7, 11) is 0. The van der Waals surface area contributed by atoms with E-state index in [1.807, 2.05) is 25.1 Å². The first-order valence-electron chi connectivity index (χ1n) is 7.81. The van der Waals surface area contributed by atoms with Crippen molar-refractivity contribution in [3.05, 3.63) is 23.8 Å². The van der Waals surface area contributed by atoms with E-state index in [9.17, 15) is 9.59 Å². The van der Waals surface area contributed by atoms with Gasteiger partial charge in [0.15, 0.2) is 0 Å². The van der Waals surface area contributed by atoms with Crippen molar-refractivity contribution >= 4 is 23.2 Å². The molecule has 2 amide bonds. The standard InChI is InChI=1S/C17H24N2O2/c1-3-4-8-16(20)19-15-10-9-14(11-12(15)2)18-17(21)13-6-5-7-13/h9-11,13H,3-8H2,1-2H3,(H,18,21)(H,19,20). The fourth-order valence-electron chi connectivity index (χ4n) is 2.35. The Kier molecular flexibility index (Phi) is 5.37. The molecule has 4 heteroatoms. The van der Waals surface area contributed by atoms with E-state index in [1.54, 1.807) is 0 Å². The summed E-state index contributed by atoms with van der Waals surface area (Å²) in [5.41, 5.74) is 2.58. The van der Waals surface area contributed by atoms with E-state index in [2.05, 4.69) is 17.6 Å². The average Bonchev–Trinajstić information content (AvgIpc) is 2.37.